The number of rotatable bonds is 7. The maximum atomic E-state index is 13.8. The molecule has 2 heterocycles. The zero-order valence-electron chi connectivity index (χ0n) is 18.7. The summed E-state index contributed by atoms with van der Waals surface area (Å²) in [6.45, 7) is -0.428. The van der Waals surface area contributed by atoms with Crippen LogP contribution in [0.3, 0.4) is 0 Å². The van der Waals surface area contributed by atoms with Gasteiger partial charge in [0.15, 0.2) is 0 Å². The summed E-state index contributed by atoms with van der Waals surface area (Å²) in [5, 5.41) is 9.11. The smallest absolute Gasteiger partial charge is 0.370 e. The molecule has 1 fully saturated rings. The second-order valence-electron chi connectivity index (χ2n) is 7.40. The van der Waals surface area contributed by atoms with Gasteiger partial charge < -0.3 is 30.9 Å². The van der Waals surface area contributed by atoms with Gasteiger partial charge in [-0.1, -0.05) is 11.6 Å². The van der Waals surface area contributed by atoms with Crippen LogP contribution in [0.2, 0.25) is 4.34 Å². The number of benzene rings is 1. The van der Waals surface area contributed by atoms with Crippen molar-refractivity contribution < 1.29 is 37.1 Å². The van der Waals surface area contributed by atoms with E-state index in [9.17, 15) is 32.3 Å². The van der Waals surface area contributed by atoms with Gasteiger partial charge in [-0.05, 0) is 30.3 Å². The average molecular weight is 548 g/mol. The Hall–Kier alpha value is -3.36. The molecule has 5 amide bonds. The van der Waals surface area contributed by atoms with E-state index in [-0.39, 0.29) is 30.3 Å². The molecule has 36 heavy (non-hydrogen) atoms. The second kappa shape index (κ2) is 11.6. The first-order chi connectivity index (χ1) is 17.0. The molecule has 0 unspecified atom stereocenters. The van der Waals surface area contributed by atoms with Crippen molar-refractivity contribution in [3.05, 3.63) is 45.1 Å². The molecule has 1 saturated heterocycles. The molecule has 0 bridgehead atoms. The second-order valence-corrected chi connectivity index (χ2v) is 9.12. The Labute approximate surface area is 212 Å². The third kappa shape index (κ3) is 6.86. The van der Waals surface area contributed by atoms with Gasteiger partial charge >= 0.3 is 12.2 Å². The van der Waals surface area contributed by atoms with E-state index in [1.165, 1.54) is 25.2 Å². The molecule has 0 saturated carbocycles. The van der Waals surface area contributed by atoms with Crippen molar-refractivity contribution in [3.63, 3.8) is 0 Å². The first kappa shape index (κ1) is 27.2. The van der Waals surface area contributed by atoms with Gasteiger partial charge in [-0.2, -0.15) is 13.2 Å². The molecule has 15 heteroatoms. The summed E-state index contributed by atoms with van der Waals surface area (Å²) in [7, 11) is 1.28. The number of halogens is 4. The number of ether oxygens (including phenoxy) is 1. The van der Waals surface area contributed by atoms with Crippen LogP contribution < -0.4 is 26.2 Å². The molecule has 194 valence electrons. The zero-order chi connectivity index (χ0) is 26.5. The Morgan fingerprint density at radius 1 is 1.22 bits per heavy atom. The number of carbonyl (C=O) groups is 4. The van der Waals surface area contributed by atoms with E-state index < -0.39 is 53.8 Å². The first-order valence-electron chi connectivity index (χ1n) is 10.4. The topological polar surface area (TPSA) is 129 Å². The van der Waals surface area contributed by atoms with Crippen LogP contribution in [-0.4, -0.2) is 63.1 Å². The number of nitrogens with zero attached hydrogens (tertiary/aromatic N) is 1. The number of hydrogen-bond acceptors (Lipinski definition) is 6. The molecule has 1 aliphatic rings. The monoisotopic (exact) mass is 547 g/mol. The molecule has 10 nitrogen and oxygen atoms in total. The Morgan fingerprint density at radius 3 is 2.58 bits per heavy atom. The highest BCUT2D eigenvalue weighted by molar-refractivity contribution is 7.18. The minimum absolute atomic E-state index is 0.00414. The largest absolute Gasteiger partial charge is 0.418 e. The van der Waals surface area contributed by atoms with Crippen LogP contribution in [0.25, 0.3) is 0 Å². The third-order valence-corrected chi connectivity index (χ3v) is 6.21. The number of carbonyl (C=O) groups excluding carboxylic acids is 4. The van der Waals surface area contributed by atoms with Gasteiger partial charge in [-0.15, -0.1) is 11.3 Å². The Bertz CT molecular complexity index is 1160. The highest BCUT2D eigenvalue weighted by atomic mass is 35.5. The van der Waals surface area contributed by atoms with Gasteiger partial charge in [0.05, 0.1) is 27.1 Å². The van der Waals surface area contributed by atoms with Gasteiger partial charge in [0, 0.05) is 25.8 Å². The summed E-state index contributed by atoms with van der Waals surface area (Å²) in [5.74, 6) is -2.09. The van der Waals surface area contributed by atoms with E-state index in [2.05, 4.69) is 21.3 Å². The van der Waals surface area contributed by atoms with E-state index in [4.69, 9.17) is 16.3 Å². The highest BCUT2D eigenvalue weighted by Gasteiger charge is 2.36. The van der Waals surface area contributed by atoms with Crippen molar-refractivity contribution >= 4 is 58.1 Å². The number of alkyl halides is 3. The van der Waals surface area contributed by atoms with Crippen LogP contribution in [0, 0.1) is 0 Å². The van der Waals surface area contributed by atoms with E-state index in [0.29, 0.717) is 4.34 Å². The lowest BCUT2D eigenvalue weighted by Crippen LogP contribution is -2.52. The molecule has 0 spiro atoms. The number of nitrogens with one attached hydrogen (secondary N) is 4. The minimum atomic E-state index is -4.87. The zero-order valence-corrected chi connectivity index (χ0v) is 20.3. The highest BCUT2D eigenvalue weighted by Crippen LogP contribution is 2.37. The quantitative estimate of drug-likeness (QED) is 0.423. The van der Waals surface area contributed by atoms with Crippen molar-refractivity contribution in [2.45, 2.75) is 12.2 Å². The van der Waals surface area contributed by atoms with Crippen molar-refractivity contribution in [3.8, 4) is 0 Å². The van der Waals surface area contributed by atoms with E-state index >= 15 is 0 Å². The molecule has 1 aromatic carbocycles. The van der Waals surface area contributed by atoms with Gasteiger partial charge in [-0.3, -0.25) is 14.4 Å². The minimum Gasteiger partial charge on any atom is -0.370 e. The van der Waals surface area contributed by atoms with Crippen LogP contribution in [0.15, 0.2) is 30.3 Å². The molecule has 1 atom stereocenters. The fraction of sp³-hybridized carbons (Fsp3) is 0.333. The number of morpholine rings is 1. The molecule has 1 aromatic heterocycles. The van der Waals surface area contributed by atoms with Gasteiger partial charge in [0.1, 0.15) is 12.6 Å². The number of thiophene rings is 1. The summed E-state index contributed by atoms with van der Waals surface area (Å²) in [5.41, 5.74) is -1.78. The predicted octanol–water partition coefficient (Wildman–Crippen LogP) is 2.45. The van der Waals surface area contributed by atoms with Crippen molar-refractivity contribution in [2.24, 2.45) is 0 Å². The summed E-state index contributed by atoms with van der Waals surface area (Å²) in [6, 6.07) is 3.77. The maximum Gasteiger partial charge on any atom is 0.418 e. The van der Waals surface area contributed by atoms with Gasteiger partial charge in [0.2, 0.25) is 5.91 Å². The van der Waals surface area contributed by atoms with Crippen LogP contribution in [0.5, 0.6) is 0 Å². The Morgan fingerprint density at radius 2 is 1.97 bits per heavy atom. The van der Waals surface area contributed by atoms with E-state index in [0.717, 1.165) is 28.4 Å². The van der Waals surface area contributed by atoms with E-state index in [1.54, 1.807) is 0 Å². The molecule has 2 aromatic rings. The lowest BCUT2D eigenvalue weighted by molar-refractivity contribution is -0.137. The van der Waals surface area contributed by atoms with Gasteiger partial charge in [-0.25, -0.2) is 4.79 Å². The number of amides is 5. The number of urea groups is 1. The van der Waals surface area contributed by atoms with Crippen molar-refractivity contribution in [1.82, 2.24) is 16.0 Å². The molecule has 1 aliphatic heterocycles. The normalized spacial score (nSPS) is 14.7. The average Bonchev–Trinajstić information content (AvgIpc) is 3.27. The van der Waals surface area contributed by atoms with Crippen molar-refractivity contribution in [2.75, 3.05) is 43.6 Å². The van der Waals surface area contributed by atoms with Crippen molar-refractivity contribution in [1.29, 1.82) is 0 Å². The Kier molecular flexibility index (Phi) is 8.76. The van der Waals surface area contributed by atoms with E-state index in [1.807, 2.05) is 0 Å². The van der Waals surface area contributed by atoms with Crippen LogP contribution in [-0.2, 0) is 20.5 Å². The summed E-state index contributed by atoms with van der Waals surface area (Å²) >= 11 is 6.79. The molecule has 0 aliphatic carbocycles. The lowest BCUT2D eigenvalue weighted by Gasteiger charge is -2.28. The molecular weight excluding hydrogens is 527 g/mol. The summed E-state index contributed by atoms with van der Waals surface area (Å²) < 4.78 is 46.8. The van der Waals surface area contributed by atoms with Crippen LogP contribution in [0.1, 0.15) is 15.2 Å². The molecule has 0 radical (unpaired) electrons. The number of anilines is 2. The molecular formula is C21H21ClF3N5O5S. The van der Waals surface area contributed by atoms with Crippen LogP contribution >= 0.6 is 22.9 Å². The third-order valence-electron chi connectivity index (χ3n) is 4.98. The fourth-order valence-electron chi connectivity index (χ4n) is 3.21. The summed E-state index contributed by atoms with van der Waals surface area (Å²) in [6.07, 6.45) is -4.87. The Balaban J connectivity index is 1.80. The first-order valence-corrected chi connectivity index (χ1v) is 11.6. The van der Waals surface area contributed by atoms with Crippen LogP contribution in [0.4, 0.5) is 29.3 Å². The molecule has 4 N–H and O–H groups in total. The molecule has 3 rings (SSSR count). The predicted molar refractivity (Wildman–Crippen MR) is 126 cm³/mol. The fourth-order valence-corrected chi connectivity index (χ4v) is 4.17. The summed E-state index contributed by atoms with van der Waals surface area (Å²) in [4.78, 5) is 50.4. The number of hydrogen-bond donors (Lipinski definition) is 4. The lowest BCUT2D eigenvalue weighted by atomic mass is 10.1. The standard InChI is InChI=1S/C21H21ClF3N5O5S/c1-26-20(34)29-14(9-27-19(33)15-4-5-16(22)36-15)18(32)28-13-3-2-11(8-12(13)21(23,24)25)30-6-7-35-10-17(30)31/h2-5,8,14H,6-7,9-10H2,1H3,(H,27,33)(H,28,32)(H2,26,29,34)/t14-/m0/s1. The maximum absolute atomic E-state index is 13.8. The van der Waals surface area contributed by atoms with Gasteiger partial charge in [0.25, 0.3) is 11.8 Å². The SMILES string of the molecule is CNC(=O)N[C@@H](CNC(=O)c1ccc(Cl)s1)C(=O)Nc1ccc(N2CCOCC2=O)cc1C(F)(F)F.